The molecular formula is C69H56N8. The zero-order valence-corrected chi connectivity index (χ0v) is 43.7. The molecule has 5 heterocycles. The topological polar surface area (TPSA) is 70.8 Å². The summed E-state index contributed by atoms with van der Waals surface area (Å²) >= 11 is 0. The van der Waals surface area contributed by atoms with E-state index in [4.69, 9.17) is 13.2 Å². The lowest BCUT2D eigenvalue weighted by molar-refractivity contribution is 0.331. The molecule has 9 aromatic carbocycles. The van der Waals surface area contributed by atoms with Gasteiger partial charge in [-0.15, -0.1) is 0 Å². The highest BCUT2D eigenvalue weighted by molar-refractivity contribution is 6.26. The maximum absolute atomic E-state index is 12.7. The minimum absolute atomic E-state index is 0.410. The van der Waals surface area contributed by atoms with Crippen LogP contribution in [-0.4, -0.2) is 31.4 Å². The Morgan fingerprint density at radius 3 is 1.13 bits per heavy atom. The molecule has 0 amide bonds. The molecular weight excluding hydrogens is 941 g/mol. The Kier molecular flexibility index (Phi) is 9.51. The van der Waals surface area contributed by atoms with Gasteiger partial charge in [-0.05, 0) is 83.3 Å². The summed E-state index contributed by atoms with van der Waals surface area (Å²) in [5.74, 6) is 1.44. The Labute approximate surface area is 446 Å². The first-order valence-electron chi connectivity index (χ1n) is 26.9. The summed E-state index contributed by atoms with van der Waals surface area (Å²) in [6.45, 7) is 20.5. The summed E-state index contributed by atoms with van der Waals surface area (Å²) in [5.41, 5.74) is 15.2. The lowest BCUT2D eigenvalue weighted by atomic mass is 9.61. The normalized spacial score (nSPS) is 15.5. The van der Waals surface area contributed by atoms with E-state index in [9.17, 15) is 5.26 Å². The second-order valence-corrected chi connectivity index (χ2v) is 22.4. The van der Waals surface area contributed by atoms with Crippen LogP contribution in [0.1, 0.15) is 57.2 Å². The highest BCUT2D eigenvalue weighted by Crippen LogP contribution is 2.58. The van der Waals surface area contributed by atoms with Crippen LogP contribution in [-0.2, 0) is 10.8 Å². The predicted molar refractivity (Wildman–Crippen MR) is 321 cm³/mol. The van der Waals surface area contributed by atoms with E-state index < -0.39 is 10.8 Å². The predicted octanol–water partition coefficient (Wildman–Crippen LogP) is 16.2. The number of para-hydroxylation sites is 6. The van der Waals surface area contributed by atoms with Crippen molar-refractivity contribution in [1.82, 2.24) is 28.9 Å². The van der Waals surface area contributed by atoms with Gasteiger partial charge >= 0.3 is 0 Å². The molecule has 13 aromatic rings. The molecule has 0 unspecified atom stereocenters. The molecule has 0 atom stereocenters. The molecule has 15 rings (SSSR count). The Morgan fingerprint density at radius 1 is 0.390 bits per heavy atom. The number of benzene rings is 9. The molecule has 0 spiro atoms. The van der Waals surface area contributed by atoms with E-state index >= 15 is 0 Å². The molecule has 77 heavy (non-hydrogen) atoms. The van der Waals surface area contributed by atoms with Gasteiger partial charge in [-0.3, -0.25) is 4.90 Å². The van der Waals surface area contributed by atoms with Gasteiger partial charge in [0.1, 0.15) is 17.7 Å². The molecule has 1 fully saturated rings. The van der Waals surface area contributed by atoms with Crippen LogP contribution in [0.5, 0.6) is 0 Å². The molecule has 8 nitrogen and oxygen atoms in total. The number of fused-ring (bicyclic) bond motifs is 15. The van der Waals surface area contributed by atoms with Crippen LogP contribution in [0.4, 0.5) is 5.69 Å². The Morgan fingerprint density at radius 2 is 0.727 bits per heavy atom. The molecule has 0 saturated carbocycles. The van der Waals surface area contributed by atoms with E-state index in [-0.39, 0.29) is 0 Å². The van der Waals surface area contributed by atoms with Crippen molar-refractivity contribution in [3.05, 3.63) is 223 Å². The average molecular weight is 997 g/mol. The molecule has 0 radical (unpaired) electrons. The fourth-order valence-corrected chi connectivity index (χ4v) is 13.8. The monoisotopic (exact) mass is 996 g/mol. The van der Waals surface area contributed by atoms with E-state index in [1.165, 1.54) is 0 Å². The van der Waals surface area contributed by atoms with Crippen molar-refractivity contribution < 1.29 is 0 Å². The minimum atomic E-state index is -0.422. The maximum atomic E-state index is 12.7. The summed E-state index contributed by atoms with van der Waals surface area (Å²) < 4.78 is 9.91. The summed E-state index contributed by atoms with van der Waals surface area (Å²) in [6, 6.07) is 69.0. The SMILES string of the molecule is C=C1NCCNC(=C)N1c1c(-n2c3ccccc3c3ccc4c5ccccc5n(-c5ccccc5)c4c32)c(-n2c3ccccc3c3ccc4c5ccccc5n(-c5ccccc5)c4c32)c(C#N)c2c1C(C)(C)CCC2(C)C. The molecule has 1 aliphatic heterocycles. The number of nitrogens with one attached hydrogen (secondary N) is 2. The van der Waals surface area contributed by atoms with Gasteiger partial charge in [0, 0.05) is 67.6 Å². The summed E-state index contributed by atoms with van der Waals surface area (Å²) in [4.78, 5) is 2.26. The number of nitriles is 1. The zero-order chi connectivity index (χ0) is 52.1. The number of anilines is 1. The first-order valence-corrected chi connectivity index (χ1v) is 26.9. The molecule has 4 aromatic heterocycles. The maximum Gasteiger partial charge on any atom is 0.104 e. The summed E-state index contributed by atoms with van der Waals surface area (Å²) in [7, 11) is 0. The van der Waals surface area contributed by atoms with Crippen molar-refractivity contribution >= 4 is 92.9 Å². The van der Waals surface area contributed by atoms with E-state index in [1.807, 2.05) is 0 Å². The van der Waals surface area contributed by atoms with Gasteiger partial charge in [-0.25, -0.2) is 0 Å². The standard InChI is InChI=1S/C69H56N8/c1-42-71-39-40-72-43(2)73(42)66-60-59(68(3,4)37-38-69(60,5)6)54(41-70)65(76-57-31-19-15-27-48(57)52-35-33-50-46-25-13-17-29-55(46)74(61(50)63(52)76)44-21-9-7-10-22-44)67(66)77-58-32-20-16-28-49(58)53-36-34-51-47-26-14-18-30-56(47)75(62(51)64(53)77)45-23-11-8-12-24-45/h7-36,71-72H,1-2,37-40H2,3-6H3. The van der Waals surface area contributed by atoms with E-state index in [0.717, 1.165) is 151 Å². The number of aromatic nitrogens is 4. The van der Waals surface area contributed by atoms with Gasteiger partial charge in [0.05, 0.1) is 66.8 Å². The van der Waals surface area contributed by atoms with Crippen molar-refractivity contribution in [2.75, 3.05) is 18.0 Å². The first-order chi connectivity index (χ1) is 37.6. The van der Waals surface area contributed by atoms with Gasteiger partial charge in [0.25, 0.3) is 0 Å². The van der Waals surface area contributed by atoms with Crippen LogP contribution in [0.25, 0.3) is 110 Å². The van der Waals surface area contributed by atoms with Crippen LogP contribution in [0.2, 0.25) is 0 Å². The van der Waals surface area contributed by atoms with Crippen molar-refractivity contribution in [3.8, 4) is 28.8 Å². The van der Waals surface area contributed by atoms with Crippen LogP contribution in [0.15, 0.2) is 207 Å². The smallest absolute Gasteiger partial charge is 0.104 e. The fourth-order valence-electron chi connectivity index (χ4n) is 13.8. The molecule has 372 valence electrons. The van der Waals surface area contributed by atoms with Crippen molar-refractivity contribution in [2.24, 2.45) is 0 Å². The van der Waals surface area contributed by atoms with Gasteiger partial charge in [0.2, 0.25) is 0 Å². The van der Waals surface area contributed by atoms with Crippen LogP contribution in [0.3, 0.4) is 0 Å². The third-order valence-corrected chi connectivity index (χ3v) is 17.2. The van der Waals surface area contributed by atoms with Gasteiger partial charge in [-0.1, -0.05) is 174 Å². The average Bonchev–Trinajstić information content (AvgIpc) is 4.25. The lowest BCUT2D eigenvalue weighted by Gasteiger charge is -2.46. The van der Waals surface area contributed by atoms with Crippen LogP contribution < -0.4 is 15.5 Å². The van der Waals surface area contributed by atoms with Crippen molar-refractivity contribution in [3.63, 3.8) is 0 Å². The lowest BCUT2D eigenvalue weighted by Crippen LogP contribution is -2.40. The second-order valence-electron chi connectivity index (χ2n) is 22.4. The Bertz CT molecular complexity index is 4720. The van der Waals surface area contributed by atoms with Crippen molar-refractivity contribution in [2.45, 2.75) is 51.4 Å². The number of hydrogen-bond acceptors (Lipinski definition) is 4. The van der Waals surface area contributed by atoms with Crippen molar-refractivity contribution in [1.29, 1.82) is 5.26 Å². The largest absolute Gasteiger partial charge is 0.370 e. The first kappa shape index (κ1) is 45.0. The molecule has 2 aliphatic rings. The van der Waals surface area contributed by atoms with Crippen LogP contribution in [0, 0.1) is 11.3 Å². The van der Waals surface area contributed by atoms with Crippen LogP contribution >= 0.6 is 0 Å². The molecule has 1 aliphatic carbocycles. The quantitative estimate of drug-likeness (QED) is 0.180. The highest BCUT2D eigenvalue weighted by atomic mass is 15.4. The molecule has 1 saturated heterocycles. The third kappa shape index (κ3) is 6.14. The van der Waals surface area contributed by atoms with Gasteiger partial charge in [-0.2, -0.15) is 5.26 Å². The third-order valence-electron chi connectivity index (χ3n) is 17.2. The van der Waals surface area contributed by atoms with E-state index in [2.05, 4.69) is 250 Å². The zero-order valence-electron chi connectivity index (χ0n) is 43.7. The second kappa shape index (κ2) is 16.3. The van der Waals surface area contributed by atoms with E-state index in [1.54, 1.807) is 0 Å². The minimum Gasteiger partial charge on any atom is -0.370 e. The number of nitrogens with zero attached hydrogens (tertiary/aromatic N) is 6. The summed E-state index contributed by atoms with van der Waals surface area (Å²) in [6.07, 6.45) is 1.80. The number of hydrogen-bond donors (Lipinski definition) is 2. The van der Waals surface area contributed by atoms with E-state index in [0.29, 0.717) is 18.7 Å². The number of rotatable bonds is 5. The summed E-state index contributed by atoms with van der Waals surface area (Å²) in [5, 5.41) is 29.2. The highest BCUT2D eigenvalue weighted by Gasteiger charge is 2.46. The van der Waals surface area contributed by atoms with Gasteiger partial charge in [0.15, 0.2) is 0 Å². The Hall–Kier alpha value is -9.45. The molecule has 0 bridgehead atoms. The fraction of sp³-hybridized carbons (Fsp3) is 0.145. The molecule has 8 heteroatoms. The van der Waals surface area contributed by atoms with Gasteiger partial charge < -0.3 is 28.9 Å². The Balaban J connectivity index is 1.28. The molecule has 2 N–H and O–H groups in total.